The van der Waals surface area contributed by atoms with E-state index in [1.807, 2.05) is 18.2 Å². The van der Waals surface area contributed by atoms with Crippen LogP contribution in [0.4, 0.5) is 5.69 Å². The Bertz CT molecular complexity index is 465. The highest BCUT2D eigenvalue weighted by molar-refractivity contribution is 9.10. The van der Waals surface area contributed by atoms with Crippen LogP contribution in [0.1, 0.15) is 18.4 Å². The molecule has 4 N–H and O–H groups in total. The van der Waals surface area contributed by atoms with E-state index in [4.69, 9.17) is 10.9 Å². The summed E-state index contributed by atoms with van der Waals surface area (Å²) in [5, 5.41) is 21.3. The SMILES string of the molecule is N/C(=N/O)c1c(Br)cccc1N1CCCC1CO. The van der Waals surface area contributed by atoms with E-state index in [0.717, 1.165) is 29.5 Å². The molecule has 1 atom stereocenters. The molecule has 18 heavy (non-hydrogen) atoms. The second kappa shape index (κ2) is 5.58. The van der Waals surface area contributed by atoms with Gasteiger partial charge in [0.05, 0.1) is 18.2 Å². The fourth-order valence-corrected chi connectivity index (χ4v) is 2.96. The Morgan fingerprint density at radius 3 is 3.00 bits per heavy atom. The van der Waals surface area contributed by atoms with Crippen LogP contribution in [0.2, 0.25) is 0 Å². The van der Waals surface area contributed by atoms with Crippen LogP contribution >= 0.6 is 15.9 Å². The molecule has 6 heteroatoms. The molecule has 0 amide bonds. The number of rotatable bonds is 3. The fourth-order valence-electron chi connectivity index (χ4n) is 2.40. The van der Waals surface area contributed by atoms with E-state index in [1.54, 1.807) is 0 Å². The summed E-state index contributed by atoms with van der Waals surface area (Å²) in [7, 11) is 0. The highest BCUT2D eigenvalue weighted by atomic mass is 79.9. The van der Waals surface area contributed by atoms with E-state index >= 15 is 0 Å². The third-order valence-corrected chi connectivity index (χ3v) is 3.91. The first-order valence-corrected chi connectivity index (χ1v) is 6.62. The van der Waals surface area contributed by atoms with Crippen LogP contribution in [0.3, 0.4) is 0 Å². The molecule has 1 aromatic rings. The van der Waals surface area contributed by atoms with E-state index in [1.165, 1.54) is 0 Å². The second-order valence-corrected chi connectivity index (χ2v) is 5.15. The molecular formula is C12H16BrN3O2. The monoisotopic (exact) mass is 313 g/mol. The predicted octanol–water partition coefficient (Wildman–Crippen LogP) is 1.50. The Morgan fingerprint density at radius 1 is 1.56 bits per heavy atom. The van der Waals surface area contributed by atoms with E-state index in [-0.39, 0.29) is 18.5 Å². The van der Waals surface area contributed by atoms with Crippen molar-refractivity contribution in [3.63, 3.8) is 0 Å². The molecule has 1 fully saturated rings. The Hall–Kier alpha value is -1.27. The smallest absolute Gasteiger partial charge is 0.173 e. The number of nitrogens with zero attached hydrogens (tertiary/aromatic N) is 2. The van der Waals surface area contributed by atoms with E-state index in [9.17, 15) is 5.11 Å². The zero-order valence-electron chi connectivity index (χ0n) is 9.88. The normalized spacial score (nSPS) is 20.4. The summed E-state index contributed by atoms with van der Waals surface area (Å²) in [6, 6.07) is 5.78. The van der Waals surface area contributed by atoms with Gasteiger partial charge in [-0.1, -0.05) is 11.2 Å². The predicted molar refractivity (Wildman–Crippen MR) is 74.1 cm³/mol. The van der Waals surface area contributed by atoms with Crippen molar-refractivity contribution < 1.29 is 10.3 Å². The average molecular weight is 314 g/mol. The molecule has 0 spiro atoms. The number of halogens is 1. The van der Waals surface area contributed by atoms with E-state index < -0.39 is 0 Å². The Morgan fingerprint density at radius 2 is 2.33 bits per heavy atom. The molecule has 1 aliphatic heterocycles. The zero-order chi connectivity index (χ0) is 13.1. The number of amidine groups is 1. The third kappa shape index (κ3) is 2.30. The van der Waals surface area contributed by atoms with Gasteiger partial charge in [-0.3, -0.25) is 0 Å². The van der Waals surface area contributed by atoms with Gasteiger partial charge in [0.15, 0.2) is 5.84 Å². The number of aliphatic hydroxyl groups excluding tert-OH is 1. The van der Waals surface area contributed by atoms with E-state index in [0.29, 0.717) is 5.56 Å². The minimum atomic E-state index is 0.0704. The molecule has 1 aliphatic rings. The van der Waals surface area contributed by atoms with Gasteiger partial charge < -0.3 is 20.9 Å². The molecule has 1 aromatic carbocycles. The van der Waals surface area contributed by atoms with Crippen LogP contribution in [0.15, 0.2) is 27.8 Å². The summed E-state index contributed by atoms with van der Waals surface area (Å²) in [4.78, 5) is 2.11. The van der Waals surface area contributed by atoms with Crippen molar-refractivity contribution in [3.8, 4) is 0 Å². The molecule has 98 valence electrons. The minimum Gasteiger partial charge on any atom is -0.409 e. The van der Waals surface area contributed by atoms with Crippen molar-refractivity contribution in [2.75, 3.05) is 18.1 Å². The first kappa shape index (κ1) is 13.2. The van der Waals surface area contributed by atoms with Crippen molar-refractivity contribution >= 4 is 27.5 Å². The lowest BCUT2D eigenvalue weighted by Gasteiger charge is -2.27. The summed E-state index contributed by atoms with van der Waals surface area (Å²) in [5.74, 6) is 0.0704. The lowest BCUT2D eigenvalue weighted by atomic mass is 10.1. The Balaban J connectivity index is 2.47. The molecule has 2 rings (SSSR count). The molecule has 5 nitrogen and oxygen atoms in total. The summed E-state index contributed by atoms with van der Waals surface area (Å²) >= 11 is 3.42. The van der Waals surface area contributed by atoms with Crippen LogP contribution in [-0.2, 0) is 0 Å². The molecule has 1 heterocycles. The van der Waals surface area contributed by atoms with Crippen LogP contribution in [0.25, 0.3) is 0 Å². The van der Waals surface area contributed by atoms with E-state index in [2.05, 4.69) is 26.0 Å². The molecule has 1 saturated heterocycles. The molecule has 0 bridgehead atoms. The first-order chi connectivity index (χ1) is 8.69. The lowest BCUT2D eigenvalue weighted by Crippen LogP contribution is -2.34. The van der Waals surface area contributed by atoms with Gasteiger partial charge in [-0.05, 0) is 40.9 Å². The number of hydrogen-bond donors (Lipinski definition) is 3. The fraction of sp³-hybridized carbons (Fsp3) is 0.417. The van der Waals surface area contributed by atoms with Crippen LogP contribution < -0.4 is 10.6 Å². The number of anilines is 1. The zero-order valence-corrected chi connectivity index (χ0v) is 11.5. The Kier molecular flexibility index (Phi) is 4.08. The average Bonchev–Trinajstić information content (AvgIpc) is 2.85. The van der Waals surface area contributed by atoms with Crippen LogP contribution in [-0.4, -0.2) is 35.3 Å². The maximum atomic E-state index is 9.39. The highest BCUT2D eigenvalue weighted by Gasteiger charge is 2.27. The number of benzene rings is 1. The molecule has 0 radical (unpaired) electrons. The van der Waals surface area contributed by atoms with Gasteiger partial charge in [0.2, 0.25) is 0 Å². The maximum Gasteiger partial charge on any atom is 0.173 e. The van der Waals surface area contributed by atoms with Gasteiger partial charge in [-0.15, -0.1) is 0 Å². The summed E-state index contributed by atoms with van der Waals surface area (Å²) in [6.07, 6.45) is 1.99. The number of aliphatic hydroxyl groups is 1. The van der Waals surface area contributed by atoms with Gasteiger partial charge in [-0.2, -0.15) is 0 Å². The van der Waals surface area contributed by atoms with Crippen molar-refractivity contribution in [3.05, 3.63) is 28.2 Å². The lowest BCUT2D eigenvalue weighted by molar-refractivity contribution is 0.266. The van der Waals surface area contributed by atoms with Crippen LogP contribution in [0, 0.1) is 0 Å². The van der Waals surface area contributed by atoms with Gasteiger partial charge in [0, 0.05) is 16.7 Å². The minimum absolute atomic E-state index is 0.0704. The first-order valence-electron chi connectivity index (χ1n) is 5.83. The van der Waals surface area contributed by atoms with Crippen molar-refractivity contribution in [1.29, 1.82) is 0 Å². The highest BCUT2D eigenvalue weighted by Crippen LogP contribution is 2.32. The molecular weight excluding hydrogens is 298 g/mol. The maximum absolute atomic E-state index is 9.39. The Labute approximate surface area is 114 Å². The molecule has 0 saturated carbocycles. The number of oxime groups is 1. The number of nitrogens with two attached hydrogens (primary N) is 1. The van der Waals surface area contributed by atoms with Crippen molar-refractivity contribution in [1.82, 2.24) is 0 Å². The summed E-state index contributed by atoms with van der Waals surface area (Å²) in [5.41, 5.74) is 7.28. The van der Waals surface area contributed by atoms with Crippen LogP contribution in [0.5, 0.6) is 0 Å². The second-order valence-electron chi connectivity index (χ2n) is 4.29. The molecule has 0 aliphatic carbocycles. The molecule has 0 aromatic heterocycles. The van der Waals surface area contributed by atoms with Crippen molar-refractivity contribution in [2.24, 2.45) is 10.9 Å². The molecule has 1 unspecified atom stereocenters. The van der Waals surface area contributed by atoms with Gasteiger partial charge in [0.1, 0.15) is 0 Å². The topological polar surface area (TPSA) is 82.1 Å². The third-order valence-electron chi connectivity index (χ3n) is 3.25. The van der Waals surface area contributed by atoms with Gasteiger partial charge in [-0.25, -0.2) is 0 Å². The largest absolute Gasteiger partial charge is 0.409 e. The summed E-state index contributed by atoms with van der Waals surface area (Å²) < 4.78 is 0.777. The quantitative estimate of drug-likeness (QED) is 0.342. The summed E-state index contributed by atoms with van der Waals surface area (Å²) in [6.45, 7) is 0.982. The van der Waals surface area contributed by atoms with Crippen molar-refractivity contribution in [2.45, 2.75) is 18.9 Å². The standard InChI is InChI=1S/C12H16BrN3O2/c13-9-4-1-5-10(11(9)12(14)15-18)16-6-2-3-8(16)7-17/h1,4-5,8,17-18H,2-3,6-7H2,(H2,14,15). The van der Waals surface area contributed by atoms with Gasteiger partial charge in [0.25, 0.3) is 0 Å². The number of hydrogen-bond acceptors (Lipinski definition) is 4. The van der Waals surface area contributed by atoms with Gasteiger partial charge >= 0.3 is 0 Å².